The summed E-state index contributed by atoms with van der Waals surface area (Å²) in [5.41, 5.74) is 3.30. The molecular formula is C18H18N2O2. The number of nitrogens with zero attached hydrogens (tertiary/aromatic N) is 1. The summed E-state index contributed by atoms with van der Waals surface area (Å²) in [6.07, 6.45) is 3.54. The van der Waals surface area contributed by atoms with Crippen LogP contribution in [0.2, 0.25) is 0 Å². The second kappa shape index (κ2) is 6.43. The van der Waals surface area contributed by atoms with Crippen LogP contribution in [0.1, 0.15) is 23.5 Å². The zero-order chi connectivity index (χ0) is 15.4. The summed E-state index contributed by atoms with van der Waals surface area (Å²) in [5.74, 6) is -0.0774. The monoisotopic (exact) mass is 294 g/mol. The Morgan fingerprint density at radius 2 is 1.77 bits per heavy atom. The fraction of sp³-hybridized carbons (Fsp3) is 0.222. The molecule has 0 saturated carbocycles. The summed E-state index contributed by atoms with van der Waals surface area (Å²) in [5, 5.41) is 12.1. The van der Waals surface area contributed by atoms with Gasteiger partial charge in [0.1, 0.15) is 0 Å². The number of aromatic amines is 1. The molecule has 0 aliphatic carbocycles. The van der Waals surface area contributed by atoms with Gasteiger partial charge in [0, 0.05) is 22.0 Å². The van der Waals surface area contributed by atoms with Crippen molar-refractivity contribution >= 4 is 10.9 Å². The van der Waals surface area contributed by atoms with E-state index in [0.717, 1.165) is 29.3 Å². The summed E-state index contributed by atoms with van der Waals surface area (Å²) in [4.78, 5) is 14.1. The molecule has 3 aromatic rings. The van der Waals surface area contributed by atoms with E-state index in [9.17, 15) is 10.1 Å². The van der Waals surface area contributed by atoms with Crippen LogP contribution in [0.15, 0.2) is 60.8 Å². The Kier molecular flexibility index (Phi) is 4.19. The third kappa shape index (κ3) is 3.17. The lowest BCUT2D eigenvalue weighted by Crippen LogP contribution is -2.13. The summed E-state index contributed by atoms with van der Waals surface area (Å²) in [6.45, 7) is -0.0331. The van der Waals surface area contributed by atoms with Gasteiger partial charge in [-0.25, -0.2) is 0 Å². The van der Waals surface area contributed by atoms with E-state index < -0.39 is 0 Å². The summed E-state index contributed by atoms with van der Waals surface area (Å²) < 4.78 is 0. The third-order valence-electron chi connectivity index (χ3n) is 4.05. The number of para-hydroxylation sites is 1. The molecule has 1 heterocycles. The molecule has 112 valence electrons. The number of fused-ring (bicyclic) bond motifs is 1. The molecule has 0 amide bonds. The maximum Gasteiger partial charge on any atom is 0.210 e. The van der Waals surface area contributed by atoms with Crippen molar-refractivity contribution in [3.63, 3.8) is 0 Å². The van der Waals surface area contributed by atoms with E-state index in [1.807, 2.05) is 48.7 Å². The second-order valence-electron chi connectivity index (χ2n) is 5.53. The molecule has 0 fully saturated rings. The fourth-order valence-corrected chi connectivity index (χ4v) is 2.94. The van der Waals surface area contributed by atoms with Gasteiger partial charge < -0.3 is 4.98 Å². The number of nitro groups is 1. The molecule has 4 heteroatoms. The average molecular weight is 294 g/mol. The smallest absolute Gasteiger partial charge is 0.210 e. The molecule has 0 spiro atoms. The van der Waals surface area contributed by atoms with Crippen LogP contribution < -0.4 is 0 Å². The summed E-state index contributed by atoms with van der Waals surface area (Å²) >= 11 is 0. The van der Waals surface area contributed by atoms with E-state index in [0.29, 0.717) is 0 Å². The molecule has 1 atom stereocenters. The van der Waals surface area contributed by atoms with Gasteiger partial charge in [0.15, 0.2) is 0 Å². The van der Waals surface area contributed by atoms with Crippen LogP contribution in [0.5, 0.6) is 0 Å². The van der Waals surface area contributed by atoms with Crippen molar-refractivity contribution < 1.29 is 4.92 Å². The van der Waals surface area contributed by atoms with Gasteiger partial charge in [-0.1, -0.05) is 48.5 Å². The molecule has 1 N–H and O–H groups in total. The highest BCUT2D eigenvalue weighted by atomic mass is 16.6. The number of aromatic nitrogens is 1. The van der Waals surface area contributed by atoms with Gasteiger partial charge in [-0.3, -0.25) is 10.1 Å². The summed E-state index contributed by atoms with van der Waals surface area (Å²) in [6, 6.07) is 18.1. The van der Waals surface area contributed by atoms with E-state index in [1.54, 1.807) is 0 Å². The van der Waals surface area contributed by atoms with E-state index >= 15 is 0 Å². The minimum Gasteiger partial charge on any atom is -0.361 e. The average Bonchev–Trinajstić information content (AvgIpc) is 2.96. The first-order valence-electron chi connectivity index (χ1n) is 7.46. The van der Waals surface area contributed by atoms with E-state index in [4.69, 9.17) is 0 Å². The minimum atomic E-state index is -0.211. The number of hydrogen-bond acceptors (Lipinski definition) is 2. The number of H-pyrrole nitrogens is 1. The highest BCUT2D eigenvalue weighted by Crippen LogP contribution is 2.29. The highest BCUT2D eigenvalue weighted by Gasteiger charge is 2.21. The summed E-state index contributed by atoms with van der Waals surface area (Å²) in [7, 11) is 0. The zero-order valence-corrected chi connectivity index (χ0v) is 12.2. The lowest BCUT2D eigenvalue weighted by atomic mass is 9.92. The van der Waals surface area contributed by atoms with Crippen LogP contribution >= 0.6 is 0 Å². The van der Waals surface area contributed by atoms with Gasteiger partial charge in [0.05, 0.1) is 5.92 Å². The Morgan fingerprint density at radius 3 is 2.55 bits per heavy atom. The predicted molar refractivity (Wildman–Crippen MR) is 87.7 cm³/mol. The van der Waals surface area contributed by atoms with Crippen LogP contribution in [0.25, 0.3) is 10.9 Å². The number of nitrogens with one attached hydrogen (secondary N) is 1. The Balaban J connectivity index is 1.84. The van der Waals surface area contributed by atoms with Crippen molar-refractivity contribution in [2.45, 2.75) is 18.8 Å². The maximum atomic E-state index is 11.0. The molecular weight excluding hydrogens is 276 g/mol. The van der Waals surface area contributed by atoms with Crippen LogP contribution in [-0.4, -0.2) is 16.5 Å². The maximum absolute atomic E-state index is 11.0. The molecule has 2 aromatic carbocycles. The quantitative estimate of drug-likeness (QED) is 0.548. The van der Waals surface area contributed by atoms with Crippen molar-refractivity contribution in [3.8, 4) is 0 Å². The topological polar surface area (TPSA) is 58.9 Å². The Labute approximate surface area is 128 Å². The minimum absolute atomic E-state index is 0.0331. The van der Waals surface area contributed by atoms with Crippen molar-refractivity contribution in [2.75, 3.05) is 6.54 Å². The van der Waals surface area contributed by atoms with Crippen LogP contribution in [0.3, 0.4) is 0 Å². The molecule has 0 saturated heterocycles. The fourth-order valence-electron chi connectivity index (χ4n) is 2.94. The molecule has 0 bridgehead atoms. The van der Waals surface area contributed by atoms with Gasteiger partial charge in [-0.2, -0.15) is 0 Å². The van der Waals surface area contributed by atoms with Crippen LogP contribution in [0, 0.1) is 10.1 Å². The van der Waals surface area contributed by atoms with Gasteiger partial charge in [0.25, 0.3) is 0 Å². The predicted octanol–water partition coefficient (Wildman–Crippen LogP) is 4.16. The molecule has 3 rings (SSSR count). The van der Waals surface area contributed by atoms with Gasteiger partial charge in [-0.05, 0) is 30.0 Å². The van der Waals surface area contributed by atoms with E-state index in [1.165, 1.54) is 5.56 Å². The van der Waals surface area contributed by atoms with Crippen LogP contribution in [-0.2, 0) is 6.42 Å². The lowest BCUT2D eigenvalue weighted by molar-refractivity contribution is -0.483. The first-order chi connectivity index (χ1) is 10.7. The zero-order valence-electron chi connectivity index (χ0n) is 12.2. The van der Waals surface area contributed by atoms with E-state index in [-0.39, 0.29) is 17.4 Å². The van der Waals surface area contributed by atoms with Crippen molar-refractivity contribution in [3.05, 3.63) is 82.0 Å². The van der Waals surface area contributed by atoms with Crippen molar-refractivity contribution in [2.24, 2.45) is 0 Å². The largest absolute Gasteiger partial charge is 0.361 e. The standard InChI is InChI=1S/C18H18N2O2/c21-20(22)13-15(11-10-14-6-2-1-3-7-14)17-12-19-18-9-5-4-8-16(17)18/h1-9,12,15,19H,10-11,13H2/t15-/m0/s1. The van der Waals surface area contributed by atoms with Gasteiger partial charge in [-0.15, -0.1) is 0 Å². The number of benzene rings is 2. The Bertz CT molecular complexity index is 765. The normalized spacial score (nSPS) is 12.4. The van der Waals surface area contributed by atoms with Crippen LogP contribution in [0.4, 0.5) is 0 Å². The highest BCUT2D eigenvalue weighted by molar-refractivity contribution is 5.83. The molecule has 4 nitrogen and oxygen atoms in total. The van der Waals surface area contributed by atoms with Gasteiger partial charge >= 0.3 is 0 Å². The first-order valence-corrected chi connectivity index (χ1v) is 7.46. The third-order valence-corrected chi connectivity index (χ3v) is 4.05. The first kappa shape index (κ1) is 14.3. The van der Waals surface area contributed by atoms with Crippen molar-refractivity contribution in [1.29, 1.82) is 0 Å². The number of rotatable bonds is 6. The Morgan fingerprint density at radius 1 is 1.05 bits per heavy atom. The van der Waals surface area contributed by atoms with Gasteiger partial charge in [0.2, 0.25) is 6.54 Å². The number of aryl methyl sites for hydroxylation is 1. The lowest BCUT2D eigenvalue weighted by Gasteiger charge is -2.12. The number of hydrogen-bond donors (Lipinski definition) is 1. The molecule has 0 unspecified atom stereocenters. The molecule has 1 aromatic heterocycles. The SMILES string of the molecule is O=[N+]([O-])C[C@H](CCc1ccccc1)c1c[nH]c2ccccc12. The molecule has 0 radical (unpaired) electrons. The molecule has 22 heavy (non-hydrogen) atoms. The van der Waals surface area contributed by atoms with E-state index in [2.05, 4.69) is 17.1 Å². The van der Waals surface area contributed by atoms with Crippen molar-refractivity contribution in [1.82, 2.24) is 4.98 Å². The second-order valence-corrected chi connectivity index (χ2v) is 5.53. The molecule has 0 aliphatic heterocycles. The Hall–Kier alpha value is -2.62. The molecule has 0 aliphatic rings.